The number of aliphatic hydroxyl groups excluding tert-OH is 1. The van der Waals surface area contributed by atoms with E-state index in [0.717, 1.165) is 18.3 Å². The van der Waals surface area contributed by atoms with Gasteiger partial charge in [0.25, 0.3) is 11.5 Å². The Balaban J connectivity index is 2.35. The highest BCUT2D eigenvalue weighted by Crippen LogP contribution is 2.46. The molecule has 0 aliphatic heterocycles. The van der Waals surface area contributed by atoms with Gasteiger partial charge in [-0.1, -0.05) is 41.9 Å². The van der Waals surface area contributed by atoms with Crippen molar-refractivity contribution in [3.63, 3.8) is 0 Å². The van der Waals surface area contributed by atoms with Gasteiger partial charge in [-0.05, 0) is 41.5 Å². The van der Waals surface area contributed by atoms with Crippen LogP contribution in [0.3, 0.4) is 0 Å². The molecule has 0 aliphatic carbocycles. The number of nitrogens with zero attached hydrogens (tertiary/aromatic N) is 1. The van der Waals surface area contributed by atoms with Crippen molar-refractivity contribution in [2.45, 2.75) is 42.2 Å². The number of benzene rings is 2. The van der Waals surface area contributed by atoms with Crippen LogP contribution in [0.1, 0.15) is 22.4 Å². The van der Waals surface area contributed by atoms with Crippen LogP contribution in [0.25, 0.3) is 0 Å². The fourth-order valence-electron chi connectivity index (χ4n) is 3.99. The Morgan fingerprint density at radius 3 is 1.93 bits per heavy atom. The predicted octanol–water partition coefficient (Wildman–Crippen LogP) is 5.71. The molecule has 0 aliphatic rings. The van der Waals surface area contributed by atoms with Crippen LogP contribution in [0.5, 0.6) is 0 Å². The molecule has 3 rings (SSSR count). The summed E-state index contributed by atoms with van der Waals surface area (Å²) in [4.78, 5) is 16.9. The van der Waals surface area contributed by atoms with Crippen molar-refractivity contribution in [2.75, 3.05) is 0 Å². The maximum atomic E-state index is 14.6. The minimum absolute atomic E-state index is 0.0643. The summed E-state index contributed by atoms with van der Waals surface area (Å²) < 4.78 is 136. The topological polar surface area (TPSA) is 82.5 Å². The lowest BCUT2D eigenvalue weighted by atomic mass is 9.79. The number of nitrogens with one attached hydrogen (secondary N) is 1. The Morgan fingerprint density at radius 2 is 1.44 bits per heavy atom. The van der Waals surface area contributed by atoms with Gasteiger partial charge in [-0.3, -0.25) is 9.78 Å². The number of aromatic nitrogens is 1. The summed E-state index contributed by atoms with van der Waals surface area (Å²) >= 11 is 5.81. The molecule has 2 aromatic carbocycles. The van der Waals surface area contributed by atoms with Gasteiger partial charge in [-0.25, -0.2) is 4.39 Å². The van der Waals surface area contributed by atoms with Gasteiger partial charge >= 0.3 is 18.5 Å². The van der Waals surface area contributed by atoms with E-state index in [9.17, 15) is 58.9 Å². The molecule has 2 unspecified atom stereocenters. The van der Waals surface area contributed by atoms with E-state index in [1.54, 1.807) is 5.32 Å². The van der Waals surface area contributed by atoms with Gasteiger partial charge in [0.15, 0.2) is 6.10 Å². The molecule has 0 bridgehead atoms. The predicted molar refractivity (Wildman–Crippen MR) is 123 cm³/mol. The van der Waals surface area contributed by atoms with Crippen molar-refractivity contribution >= 4 is 17.5 Å². The molecule has 16 heteroatoms. The van der Waals surface area contributed by atoms with Crippen LogP contribution in [0.4, 0.5) is 43.9 Å². The molecule has 222 valence electrons. The number of hydrogen-bond donors (Lipinski definition) is 3. The number of amides is 1. The fraction of sp³-hybridized carbons (Fsp3) is 0.280. The summed E-state index contributed by atoms with van der Waals surface area (Å²) in [5.74, 6) is -4.06. The number of hydrogen-bond acceptors (Lipinski definition) is 4. The number of carbonyl (C=O) groups excluding carboxylic acids is 1. The summed E-state index contributed by atoms with van der Waals surface area (Å²) in [6.45, 7) is 0. The van der Waals surface area contributed by atoms with E-state index in [2.05, 4.69) is 4.98 Å². The molecule has 2 atom stereocenters. The van der Waals surface area contributed by atoms with E-state index >= 15 is 0 Å². The van der Waals surface area contributed by atoms with Crippen LogP contribution in [-0.2, 0) is 22.9 Å². The number of rotatable bonds is 7. The second kappa shape index (κ2) is 11.1. The summed E-state index contributed by atoms with van der Waals surface area (Å²) in [7, 11) is 0. The molecule has 5 nitrogen and oxygen atoms in total. The number of alkyl halides is 9. The van der Waals surface area contributed by atoms with E-state index in [4.69, 9.17) is 11.6 Å². The van der Waals surface area contributed by atoms with Gasteiger partial charge in [-0.2, -0.15) is 39.5 Å². The van der Waals surface area contributed by atoms with Gasteiger partial charge in [0.1, 0.15) is 11.4 Å². The average Bonchev–Trinajstić information content (AvgIpc) is 2.86. The quantitative estimate of drug-likeness (QED) is 0.296. The van der Waals surface area contributed by atoms with Crippen molar-refractivity contribution in [1.82, 2.24) is 10.3 Å². The highest BCUT2D eigenvalue weighted by atomic mass is 35.5. The fourth-order valence-corrected chi connectivity index (χ4v) is 4.10. The van der Waals surface area contributed by atoms with Gasteiger partial charge in [0, 0.05) is 12.6 Å². The second-order valence-electron chi connectivity index (χ2n) is 8.81. The zero-order valence-electron chi connectivity index (χ0n) is 20.0. The number of pyridine rings is 1. The smallest absolute Gasteiger partial charge is 0.380 e. The minimum Gasteiger partial charge on any atom is -0.380 e. The minimum atomic E-state index is -6.65. The highest BCUT2D eigenvalue weighted by molar-refractivity contribution is 6.30. The Bertz CT molecular complexity index is 1370. The Kier molecular flexibility index (Phi) is 8.69. The molecule has 1 amide bonds. The number of halogens is 11. The first-order valence-corrected chi connectivity index (χ1v) is 11.5. The molecule has 0 saturated carbocycles. The van der Waals surface area contributed by atoms with Crippen LogP contribution in [-0.4, -0.2) is 45.2 Å². The maximum Gasteiger partial charge on any atom is 0.429 e. The van der Waals surface area contributed by atoms with Crippen molar-refractivity contribution < 1.29 is 58.9 Å². The van der Waals surface area contributed by atoms with Crippen molar-refractivity contribution in [2.24, 2.45) is 0 Å². The Morgan fingerprint density at radius 1 is 0.878 bits per heavy atom. The number of aliphatic hydroxyl groups is 2. The van der Waals surface area contributed by atoms with E-state index in [1.165, 1.54) is 30.3 Å². The third-order valence-electron chi connectivity index (χ3n) is 6.04. The number of carbonyl (C=O) groups is 1. The van der Waals surface area contributed by atoms with E-state index in [0.29, 0.717) is 12.1 Å². The lowest BCUT2D eigenvalue weighted by Crippen LogP contribution is -2.69. The van der Waals surface area contributed by atoms with Gasteiger partial charge in [0.05, 0.1) is 16.3 Å². The monoisotopic (exact) mass is 618 g/mol. The zero-order valence-corrected chi connectivity index (χ0v) is 20.8. The van der Waals surface area contributed by atoms with Gasteiger partial charge in [0.2, 0.25) is 0 Å². The summed E-state index contributed by atoms with van der Waals surface area (Å²) in [5.41, 5.74) is -11.5. The van der Waals surface area contributed by atoms with E-state index in [1.807, 2.05) is 0 Å². The molecule has 41 heavy (non-hydrogen) atoms. The van der Waals surface area contributed by atoms with Gasteiger partial charge < -0.3 is 15.5 Å². The molecule has 0 spiro atoms. The van der Waals surface area contributed by atoms with Crippen LogP contribution < -0.4 is 5.32 Å². The first-order valence-electron chi connectivity index (χ1n) is 11.1. The second-order valence-corrected chi connectivity index (χ2v) is 9.25. The standard InChI is InChI=1S/C25H17ClF10N2O3/c26-16-6-7-18(37-12-16)21(11-13-4-2-1-3-5-13,14-8-15(23(28,29)30)10-17(27)9-14)38-20(40)19(39)22(41,24(31,32)33)25(34,35)36/h1-10,12,19,39,41H,11H2,(H,38,40). The maximum absolute atomic E-state index is 14.6. The third-order valence-corrected chi connectivity index (χ3v) is 6.26. The van der Waals surface area contributed by atoms with E-state index < -0.39 is 70.7 Å². The van der Waals surface area contributed by atoms with Crippen LogP contribution in [0.2, 0.25) is 5.02 Å². The molecule has 3 N–H and O–H groups in total. The molecule has 1 aromatic heterocycles. The Labute approximate surface area is 229 Å². The first-order chi connectivity index (χ1) is 18.7. The molecule has 1 heterocycles. The summed E-state index contributed by atoms with van der Waals surface area (Å²) in [6.07, 6.45) is -22.6. The van der Waals surface area contributed by atoms with E-state index in [-0.39, 0.29) is 16.7 Å². The normalized spacial score (nSPS) is 15.2. The first kappa shape index (κ1) is 32.1. The summed E-state index contributed by atoms with van der Waals surface area (Å²) in [6, 6.07) is 9.83. The van der Waals surface area contributed by atoms with Crippen LogP contribution in [0.15, 0.2) is 66.9 Å². The SMILES string of the molecule is O=C(NC(Cc1ccccc1)(c1cc(F)cc(C(F)(F)F)c1)c1ccc(Cl)cn1)C(O)C(O)(C(F)(F)F)C(F)(F)F. The molecule has 3 aromatic rings. The van der Waals surface area contributed by atoms with Crippen molar-refractivity contribution in [1.29, 1.82) is 0 Å². The average molecular weight is 619 g/mol. The Hall–Kier alpha value is -3.43. The largest absolute Gasteiger partial charge is 0.429 e. The molecule has 0 radical (unpaired) electrons. The molecule has 0 saturated heterocycles. The van der Waals surface area contributed by atoms with Crippen molar-refractivity contribution in [3.05, 3.63) is 100 Å². The lowest BCUT2D eigenvalue weighted by Gasteiger charge is -2.39. The van der Waals surface area contributed by atoms with Gasteiger partial charge in [-0.15, -0.1) is 0 Å². The van der Waals surface area contributed by atoms with Crippen molar-refractivity contribution in [3.8, 4) is 0 Å². The van der Waals surface area contributed by atoms with Crippen LogP contribution >= 0.6 is 11.6 Å². The highest BCUT2D eigenvalue weighted by Gasteiger charge is 2.76. The van der Waals surface area contributed by atoms with Crippen LogP contribution in [0, 0.1) is 5.82 Å². The molecular formula is C25H17ClF10N2O3. The third kappa shape index (κ3) is 6.41. The summed E-state index contributed by atoms with van der Waals surface area (Å²) in [5, 5.41) is 21.2. The molecule has 0 fully saturated rings. The zero-order chi connectivity index (χ0) is 31.0. The molecular weight excluding hydrogens is 602 g/mol. The lowest BCUT2D eigenvalue weighted by molar-refractivity contribution is -0.386.